The van der Waals surface area contributed by atoms with Gasteiger partial charge in [-0.25, -0.2) is 13.2 Å². The summed E-state index contributed by atoms with van der Waals surface area (Å²) in [6.45, 7) is 7.33. The Morgan fingerprint density at radius 2 is 1.69 bits per heavy atom. The fourth-order valence-corrected chi connectivity index (χ4v) is 7.70. The second-order valence-corrected chi connectivity index (χ2v) is 12.4. The van der Waals surface area contributed by atoms with E-state index in [1.807, 2.05) is 24.3 Å². The number of likely N-dealkylation sites (N-methyl/N-ethyl adjacent to an activating group) is 1. The van der Waals surface area contributed by atoms with Crippen molar-refractivity contribution in [2.45, 2.75) is 44.7 Å². The van der Waals surface area contributed by atoms with Gasteiger partial charge in [0.25, 0.3) is 5.91 Å². The minimum atomic E-state index is -3.70. The number of carbonyl (C=O) groups excluding carboxylic acids is 2. The van der Waals surface area contributed by atoms with Crippen molar-refractivity contribution >= 4 is 50.6 Å². The second kappa shape index (κ2) is 12.2. The van der Waals surface area contributed by atoms with Gasteiger partial charge in [0, 0.05) is 36.6 Å². The van der Waals surface area contributed by atoms with Gasteiger partial charge in [-0.3, -0.25) is 9.69 Å². The number of nitrogens with one attached hydrogen (secondary N) is 1. The lowest BCUT2D eigenvalue weighted by molar-refractivity contribution is 0.0526. The van der Waals surface area contributed by atoms with Crippen molar-refractivity contribution < 1.29 is 22.7 Å². The first-order valence-corrected chi connectivity index (χ1v) is 15.1. The molecule has 2 aliphatic heterocycles. The van der Waals surface area contributed by atoms with Crippen LogP contribution in [0.3, 0.4) is 0 Å². The highest BCUT2D eigenvalue weighted by molar-refractivity contribution is 7.89. The van der Waals surface area contributed by atoms with E-state index in [1.165, 1.54) is 45.5 Å². The summed E-state index contributed by atoms with van der Waals surface area (Å²) in [7, 11) is -3.70. The van der Waals surface area contributed by atoms with Crippen LogP contribution in [-0.4, -0.2) is 55.7 Å². The highest BCUT2D eigenvalue weighted by atomic mass is 35.5. The van der Waals surface area contributed by atoms with Crippen molar-refractivity contribution in [3.63, 3.8) is 0 Å². The molecule has 8 nitrogen and oxygen atoms in total. The Hall–Kier alpha value is -2.76. The van der Waals surface area contributed by atoms with Crippen molar-refractivity contribution in [2.24, 2.45) is 0 Å². The largest absolute Gasteiger partial charge is 0.462 e. The molecule has 0 saturated heterocycles. The van der Waals surface area contributed by atoms with Crippen LogP contribution in [0.1, 0.15) is 56.1 Å². The monoisotopic (exact) mass is 589 g/mol. The van der Waals surface area contributed by atoms with Gasteiger partial charge in [-0.2, -0.15) is 4.31 Å². The number of sulfonamides is 1. The van der Waals surface area contributed by atoms with E-state index in [0.717, 1.165) is 42.1 Å². The third-order valence-corrected chi connectivity index (χ3v) is 10.1. The summed E-state index contributed by atoms with van der Waals surface area (Å²) in [6, 6.07) is 13.8. The first-order valence-electron chi connectivity index (χ1n) is 12.8. The number of hydrogen-bond acceptors (Lipinski definition) is 7. The average molecular weight is 590 g/mol. The third-order valence-electron chi connectivity index (χ3n) is 7.14. The molecule has 39 heavy (non-hydrogen) atoms. The fraction of sp³-hybridized carbons (Fsp3) is 0.357. The predicted molar refractivity (Wildman–Crippen MR) is 154 cm³/mol. The minimum absolute atomic E-state index is 0. The predicted octanol–water partition coefficient (Wildman–Crippen LogP) is 4.72. The number of rotatable bonds is 7. The smallest absolute Gasteiger partial charge is 0.341 e. The van der Waals surface area contributed by atoms with Crippen LogP contribution < -0.4 is 5.32 Å². The van der Waals surface area contributed by atoms with Gasteiger partial charge in [0.2, 0.25) is 10.0 Å². The Bertz CT molecular complexity index is 1470. The number of ether oxygens (including phenoxy) is 1. The fourth-order valence-electron chi connectivity index (χ4n) is 5.01. The van der Waals surface area contributed by atoms with Crippen molar-refractivity contribution in [1.29, 1.82) is 0 Å². The zero-order chi connectivity index (χ0) is 26.9. The van der Waals surface area contributed by atoms with Crippen LogP contribution in [0.2, 0.25) is 0 Å². The van der Waals surface area contributed by atoms with E-state index < -0.39 is 21.9 Å². The molecule has 208 valence electrons. The van der Waals surface area contributed by atoms with Crippen LogP contribution in [0.25, 0.3) is 0 Å². The van der Waals surface area contributed by atoms with Gasteiger partial charge in [-0.1, -0.05) is 31.2 Å². The Balaban J connectivity index is 0.00000353. The summed E-state index contributed by atoms with van der Waals surface area (Å²) in [5.41, 5.74) is 3.87. The summed E-state index contributed by atoms with van der Waals surface area (Å²) in [4.78, 5) is 29.4. The Morgan fingerprint density at radius 3 is 2.38 bits per heavy atom. The first kappa shape index (κ1) is 29.2. The summed E-state index contributed by atoms with van der Waals surface area (Å²) < 4.78 is 33.3. The van der Waals surface area contributed by atoms with E-state index in [9.17, 15) is 18.0 Å². The molecule has 0 spiro atoms. The second-order valence-electron chi connectivity index (χ2n) is 9.38. The number of carbonyl (C=O) groups is 2. The molecule has 11 heteroatoms. The van der Waals surface area contributed by atoms with Gasteiger partial charge < -0.3 is 10.1 Å². The van der Waals surface area contributed by atoms with Crippen LogP contribution >= 0.6 is 23.7 Å². The first-order chi connectivity index (χ1) is 18.3. The molecule has 0 saturated carbocycles. The van der Waals surface area contributed by atoms with Crippen LogP contribution in [-0.2, 0) is 40.7 Å². The van der Waals surface area contributed by atoms with E-state index in [-0.39, 0.29) is 23.9 Å². The molecule has 0 radical (unpaired) electrons. The number of amides is 1. The number of anilines is 1. The molecule has 1 aromatic heterocycles. The number of hydrogen-bond donors (Lipinski definition) is 1. The molecule has 1 N–H and O–H groups in total. The average Bonchev–Trinajstić information content (AvgIpc) is 3.29. The normalized spacial score (nSPS) is 15.5. The molecule has 2 aromatic carbocycles. The van der Waals surface area contributed by atoms with Crippen molar-refractivity contribution in [1.82, 2.24) is 9.21 Å². The van der Waals surface area contributed by atoms with Crippen LogP contribution in [0.15, 0.2) is 53.4 Å². The molecule has 3 aromatic rings. The Morgan fingerprint density at radius 1 is 0.974 bits per heavy atom. The standard InChI is InChI=1S/C28H31N3O5S2.ClH/c1-3-30-15-14-23-24(18-30)37-27(25(23)28(33)36-4-2)29-26(32)20-9-11-22(12-10-20)38(34,35)31-16-13-19-7-5-6-8-21(19)17-31;/h5-12H,3-4,13-18H2,1-2H3,(H,29,32);1H. The quantitative estimate of drug-likeness (QED) is 0.401. The molecule has 0 aliphatic carbocycles. The number of nitrogens with zero attached hydrogens (tertiary/aromatic N) is 2. The van der Waals surface area contributed by atoms with E-state index in [4.69, 9.17) is 4.74 Å². The van der Waals surface area contributed by atoms with Crippen LogP contribution in [0.4, 0.5) is 5.00 Å². The molecule has 2 aliphatic rings. The van der Waals surface area contributed by atoms with Gasteiger partial charge >= 0.3 is 5.97 Å². The molecular weight excluding hydrogens is 558 g/mol. The maximum Gasteiger partial charge on any atom is 0.341 e. The number of esters is 1. The van der Waals surface area contributed by atoms with Crippen LogP contribution in [0, 0.1) is 0 Å². The molecule has 0 bridgehead atoms. The highest BCUT2D eigenvalue weighted by Crippen LogP contribution is 2.38. The van der Waals surface area contributed by atoms with E-state index in [1.54, 1.807) is 6.92 Å². The summed E-state index contributed by atoms with van der Waals surface area (Å²) in [6.07, 6.45) is 1.39. The summed E-state index contributed by atoms with van der Waals surface area (Å²) in [5, 5.41) is 3.36. The van der Waals surface area contributed by atoms with E-state index in [0.29, 0.717) is 35.6 Å². The molecule has 0 atom stereocenters. The zero-order valence-corrected chi connectivity index (χ0v) is 24.4. The third kappa shape index (κ3) is 5.90. The maximum absolute atomic E-state index is 13.3. The SMILES string of the molecule is CCOC(=O)c1c(NC(=O)c2ccc(S(=O)(=O)N3CCc4ccccc4C3)cc2)sc2c1CCN(CC)C2.Cl. The Kier molecular flexibility index (Phi) is 9.13. The topological polar surface area (TPSA) is 96.0 Å². The van der Waals surface area contributed by atoms with Gasteiger partial charge in [0.15, 0.2) is 0 Å². The number of benzene rings is 2. The maximum atomic E-state index is 13.3. The van der Waals surface area contributed by atoms with Gasteiger partial charge in [0.05, 0.1) is 17.1 Å². The van der Waals surface area contributed by atoms with Crippen molar-refractivity contribution in [2.75, 3.05) is 31.6 Å². The summed E-state index contributed by atoms with van der Waals surface area (Å²) in [5.74, 6) is -0.841. The Labute approximate surface area is 239 Å². The van der Waals surface area contributed by atoms with Gasteiger partial charge in [-0.05, 0) is 67.3 Å². The van der Waals surface area contributed by atoms with E-state index in [2.05, 4.69) is 17.1 Å². The van der Waals surface area contributed by atoms with Gasteiger partial charge in [-0.15, -0.1) is 23.7 Å². The van der Waals surface area contributed by atoms with E-state index >= 15 is 0 Å². The molecule has 3 heterocycles. The lowest BCUT2D eigenvalue weighted by atomic mass is 10.0. The molecule has 5 rings (SSSR count). The van der Waals surface area contributed by atoms with Crippen molar-refractivity contribution in [3.05, 3.63) is 81.2 Å². The number of fused-ring (bicyclic) bond motifs is 2. The number of thiophene rings is 1. The zero-order valence-electron chi connectivity index (χ0n) is 21.9. The molecule has 0 unspecified atom stereocenters. The summed E-state index contributed by atoms with van der Waals surface area (Å²) >= 11 is 1.40. The molecule has 1 amide bonds. The van der Waals surface area contributed by atoms with Gasteiger partial charge in [0.1, 0.15) is 5.00 Å². The lowest BCUT2D eigenvalue weighted by Gasteiger charge is -2.28. The molecule has 0 fully saturated rings. The molecular formula is C28H32ClN3O5S2. The van der Waals surface area contributed by atoms with Crippen LogP contribution in [0.5, 0.6) is 0 Å². The highest BCUT2D eigenvalue weighted by Gasteiger charge is 2.30. The lowest BCUT2D eigenvalue weighted by Crippen LogP contribution is -2.35. The number of halogens is 1. The van der Waals surface area contributed by atoms with Crippen molar-refractivity contribution in [3.8, 4) is 0 Å². The minimum Gasteiger partial charge on any atom is -0.462 e.